The normalized spacial score (nSPS) is 11.4. The molecule has 0 aliphatic carbocycles. The lowest BCUT2D eigenvalue weighted by molar-refractivity contribution is -0.138. The van der Waals surface area contributed by atoms with Crippen LogP contribution in [0.15, 0.2) is 54.3 Å². The molecule has 0 radical (unpaired) electrons. The summed E-state index contributed by atoms with van der Waals surface area (Å²) in [4.78, 5) is 11.6. The van der Waals surface area contributed by atoms with Crippen molar-refractivity contribution in [2.45, 2.75) is 13.3 Å². The van der Waals surface area contributed by atoms with Crippen molar-refractivity contribution in [3.05, 3.63) is 54.3 Å². The molecule has 0 aromatic heterocycles. The van der Waals surface area contributed by atoms with Crippen molar-refractivity contribution in [1.29, 1.82) is 0 Å². The molecule has 2 aromatic rings. The van der Waals surface area contributed by atoms with Crippen LogP contribution in [0.4, 0.5) is 0 Å². The molecule has 0 spiro atoms. The molecule has 3 nitrogen and oxygen atoms in total. The molecule has 98 valence electrons. The number of benzene rings is 2. The van der Waals surface area contributed by atoms with E-state index < -0.39 is 5.97 Å². The van der Waals surface area contributed by atoms with E-state index in [2.05, 4.69) is 0 Å². The molecular weight excluding hydrogens is 240 g/mol. The number of carbonyl (C=O) groups is 1. The Labute approximate surface area is 112 Å². The average molecular weight is 256 g/mol. The second kappa shape index (κ2) is 6.05. The molecule has 3 heteroatoms. The summed E-state index contributed by atoms with van der Waals surface area (Å²) in [6.45, 7) is 1.94. The molecule has 0 saturated carbocycles. The quantitative estimate of drug-likeness (QED) is 0.475. The molecule has 0 N–H and O–H groups in total. The van der Waals surface area contributed by atoms with Gasteiger partial charge in [0.25, 0.3) is 0 Å². The average Bonchev–Trinajstić information content (AvgIpc) is 2.46. The molecule has 0 amide bonds. The molecule has 2 rings (SSSR count). The van der Waals surface area contributed by atoms with Crippen LogP contribution in [0, 0.1) is 0 Å². The summed E-state index contributed by atoms with van der Waals surface area (Å²) in [6.07, 6.45) is 2.42. The van der Waals surface area contributed by atoms with Crippen molar-refractivity contribution in [2.24, 2.45) is 0 Å². The van der Waals surface area contributed by atoms with Crippen LogP contribution >= 0.6 is 0 Å². The summed E-state index contributed by atoms with van der Waals surface area (Å²) in [5.74, 6) is 0.416. The Morgan fingerprint density at radius 2 is 1.89 bits per heavy atom. The SMILES string of the molecule is CCC=C(Oc1cccc2ccccc12)C(=O)OC. The van der Waals surface area contributed by atoms with E-state index in [9.17, 15) is 4.79 Å². The molecule has 19 heavy (non-hydrogen) atoms. The number of esters is 1. The minimum absolute atomic E-state index is 0.223. The third-order valence-corrected chi connectivity index (χ3v) is 2.75. The van der Waals surface area contributed by atoms with E-state index in [-0.39, 0.29) is 5.76 Å². The fourth-order valence-corrected chi connectivity index (χ4v) is 1.86. The number of hydrogen-bond acceptors (Lipinski definition) is 3. The smallest absolute Gasteiger partial charge is 0.373 e. The highest BCUT2D eigenvalue weighted by Crippen LogP contribution is 2.27. The van der Waals surface area contributed by atoms with Gasteiger partial charge in [0, 0.05) is 5.39 Å². The predicted molar refractivity (Wildman–Crippen MR) is 75.0 cm³/mol. The summed E-state index contributed by atoms with van der Waals surface area (Å²) >= 11 is 0. The van der Waals surface area contributed by atoms with E-state index in [1.54, 1.807) is 6.08 Å². The largest absolute Gasteiger partial charge is 0.463 e. The Morgan fingerprint density at radius 3 is 2.63 bits per heavy atom. The zero-order valence-corrected chi connectivity index (χ0v) is 11.1. The molecule has 0 unspecified atom stereocenters. The Bertz CT molecular complexity index is 609. The van der Waals surface area contributed by atoms with Crippen LogP contribution in [-0.2, 0) is 9.53 Å². The van der Waals surface area contributed by atoms with Gasteiger partial charge in [-0.15, -0.1) is 0 Å². The van der Waals surface area contributed by atoms with E-state index in [1.807, 2.05) is 49.4 Å². The zero-order chi connectivity index (χ0) is 13.7. The van der Waals surface area contributed by atoms with Crippen LogP contribution < -0.4 is 4.74 Å². The minimum atomic E-state index is -0.463. The van der Waals surface area contributed by atoms with Crippen LogP contribution in [0.25, 0.3) is 10.8 Å². The van der Waals surface area contributed by atoms with Gasteiger partial charge in [0.2, 0.25) is 5.76 Å². The van der Waals surface area contributed by atoms with Crippen LogP contribution in [0.5, 0.6) is 5.75 Å². The van der Waals surface area contributed by atoms with Gasteiger partial charge in [-0.25, -0.2) is 4.79 Å². The number of carbonyl (C=O) groups excluding carboxylic acids is 1. The second-order valence-electron chi connectivity index (χ2n) is 4.05. The van der Waals surface area contributed by atoms with Crippen molar-refractivity contribution in [2.75, 3.05) is 7.11 Å². The molecule has 0 heterocycles. The first-order valence-electron chi connectivity index (χ1n) is 6.20. The summed E-state index contributed by atoms with van der Waals surface area (Å²) in [6, 6.07) is 13.6. The Kier molecular flexibility index (Phi) is 4.18. The van der Waals surface area contributed by atoms with Gasteiger partial charge >= 0.3 is 5.97 Å². The lowest BCUT2D eigenvalue weighted by atomic mass is 10.1. The Balaban J connectivity index is 2.39. The first kappa shape index (κ1) is 13.1. The number of fused-ring (bicyclic) bond motifs is 1. The highest BCUT2D eigenvalue weighted by molar-refractivity contribution is 5.91. The van der Waals surface area contributed by atoms with E-state index in [4.69, 9.17) is 9.47 Å². The molecular formula is C16H16O3. The number of rotatable bonds is 4. The first-order valence-corrected chi connectivity index (χ1v) is 6.20. The second-order valence-corrected chi connectivity index (χ2v) is 4.05. The van der Waals surface area contributed by atoms with Crippen molar-refractivity contribution >= 4 is 16.7 Å². The van der Waals surface area contributed by atoms with Gasteiger partial charge in [-0.05, 0) is 23.9 Å². The maximum atomic E-state index is 11.6. The first-order chi connectivity index (χ1) is 9.26. The number of allylic oxidation sites excluding steroid dienone is 1. The number of hydrogen-bond donors (Lipinski definition) is 0. The van der Waals surface area contributed by atoms with E-state index in [0.29, 0.717) is 12.2 Å². The zero-order valence-electron chi connectivity index (χ0n) is 11.1. The monoisotopic (exact) mass is 256 g/mol. The molecule has 2 aromatic carbocycles. The maximum absolute atomic E-state index is 11.6. The van der Waals surface area contributed by atoms with Crippen LogP contribution in [0.1, 0.15) is 13.3 Å². The van der Waals surface area contributed by atoms with Crippen LogP contribution in [0.3, 0.4) is 0 Å². The lowest BCUT2D eigenvalue weighted by Gasteiger charge is -2.10. The van der Waals surface area contributed by atoms with E-state index in [1.165, 1.54) is 7.11 Å². The summed E-state index contributed by atoms with van der Waals surface area (Å²) in [5, 5.41) is 2.04. The van der Waals surface area contributed by atoms with Gasteiger partial charge in [-0.2, -0.15) is 0 Å². The third kappa shape index (κ3) is 2.94. The molecule has 0 bridgehead atoms. The van der Waals surface area contributed by atoms with Gasteiger partial charge < -0.3 is 9.47 Å². The lowest BCUT2D eigenvalue weighted by Crippen LogP contribution is -2.10. The third-order valence-electron chi connectivity index (χ3n) is 2.75. The fraction of sp³-hybridized carbons (Fsp3) is 0.188. The topological polar surface area (TPSA) is 35.5 Å². The van der Waals surface area contributed by atoms with Crippen LogP contribution in [0.2, 0.25) is 0 Å². The predicted octanol–water partition coefficient (Wildman–Crippen LogP) is 3.69. The summed E-state index contributed by atoms with van der Waals surface area (Å²) in [7, 11) is 1.35. The maximum Gasteiger partial charge on any atom is 0.373 e. The number of methoxy groups -OCH3 is 1. The fourth-order valence-electron chi connectivity index (χ4n) is 1.86. The molecule has 0 atom stereocenters. The van der Waals surface area contributed by atoms with Gasteiger partial charge in [-0.3, -0.25) is 0 Å². The van der Waals surface area contributed by atoms with E-state index in [0.717, 1.165) is 10.8 Å². The van der Waals surface area contributed by atoms with E-state index >= 15 is 0 Å². The summed E-state index contributed by atoms with van der Waals surface area (Å²) in [5.41, 5.74) is 0. The van der Waals surface area contributed by atoms with Gasteiger partial charge in [-0.1, -0.05) is 43.3 Å². The minimum Gasteiger partial charge on any atom is -0.463 e. The molecule has 0 aliphatic heterocycles. The summed E-state index contributed by atoms with van der Waals surface area (Å²) < 4.78 is 10.4. The molecule has 0 fully saturated rings. The van der Waals surface area contributed by atoms with Crippen molar-refractivity contribution < 1.29 is 14.3 Å². The Hall–Kier alpha value is -2.29. The Morgan fingerprint density at radius 1 is 1.16 bits per heavy atom. The van der Waals surface area contributed by atoms with Gasteiger partial charge in [0.05, 0.1) is 7.11 Å². The number of ether oxygens (including phenoxy) is 2. The highest BCUT2D eigenvalue weighted by atomic mass is 16.6. The molecule has 0 saturated heterocycles. The van der Waals surface area contributed by atoms with Crippen molar-refractivity contribution in [3.63, 3.8) is 0 Å². The standard InChI is InChI=1S/C16H16O3/c1-3-7-15(16(17)18-2)19-14-11-6-9-12-8-4-5-10-13(12)14/h4-11H,3H2,1-2H3. The molecule has 0 aliphatic rings. The van der Waals surface area contributed by atoms with Gasteiger partial charge in [0.1, 0.15) is 5.75 Å². The van der Waals surface area contributed by atoms with Crippen molar-refractivity contribution in [3.8, 4) is 5.75 Å². The van der Waals surface area contributed by atoms with Crippen molar-refractivity contribution in [1.82, 2.24) is 0 Å². The highest BCUT2D eigenvalue weighted by Gasteiger charge is 2.13. The van der Waals surface area contributed by atoms with Gasteiger partial charge in [0.15, 0.2) is 0 Å². The van der Waals surface area contributed by atoms with Crippen LogP contribution in [-0.4, -0.2) is 13.1 Å².